The third-order valence-corrected chi connectivity index (χ3v) is 5.86. The zero-order valence-corrected chi connectivity index (χ0v) is 18.7. The topological polar surface area (TPSA) is 71.1 Å². The first-order chi connectivity index (χ1) is 13.9. The van der Waals surface area contributed by atoms with E-state index in [0.717, 1.165) is 32.1 Å². The number of carbonyl (C=O) groups excluding carboxylic acids is 2. The lowest BCUT2D eigenvalue weighted by atomic mass is 9.75. The van der Waals surface area contributed by atoms with E-state index in [1.807, 2.05) is 0 Å². The highest BCUT2D eigenvalue weighted by molar-refractivity contribution is 5.89. The Morgan fingerprint density at radius 2 is 1.93 bits per heavy atom. The molecular weight excluding hydrogens is 372 g/mol. The summed E-state index contributed by atoms with van der Waals surface area (Å²) in [6, 6.07) is 0. The van der Waals surface area contributed by atoms with Gasteiger partial charge in [0.25, 0.3) is 0 Å². The van der Waals surface area contributed by atoms with Crippen LogP contribution in [0, 0.1) is 17.8 Å². The summed E-state index contributed by atoms with van der Waals surface area (Å²) < 4.78 is 22.8. The highest BCUT2D eigenvalue weighted by Gasteiger charge is 2.41. The van der Waals surface area contributed by atoms with E-state index in [1.54, 1.807) is 6.92 Å². The zero-order valence-electron chi connectivity index (χ0n) is 18.7. The molecule has 2 aliphatic rings. The van der Waals surface area contributed by atoms with E-state index in [2.05, 4.69) is 27.7 Å². The molecule has 0 N–H and O–H groups in total. The van der Waals surface area contributed by atoms with Gasteiger partial charge in [0.2, 0.25) is 12.0 Å². The van der Waals surface area contributed by atoms with Crippen LogP contribution >= 0.6 is 0 Å². The number of esters is 2. The molecule has 6 nitrogen and oxygen atoms in total. The first kappa shape index (κ1) is 23.7. The molecule has 6 heteroatoms. The van der Waals surface area contributed by atoms with Gasteiger partial charge in [-0.15, -0.1) is 0 Å². The van der Waals surface area contributed by atoms with Gasteiger partial charge in [-0.05, 0) is 43.9 Å². The van der Waals surface area contributed by atoms with Crippen LogP contribution in [-0.2, 0) is 28.5 Å². The Balaban J connectivity index is 2.22. The monoisotopic (exact) mass is 410 g/mol. The van der Waals surface area contributed by atoms with Crippen LogP contribution in [0.25, 0.3) is 0 Å². The summed E-state index contributed by atoms with van der Waals surface area (Å²) in [5, 5.41) is 0. The van der Waals surface area contributed by atoms with Crippen molar-refractivity contribution >= 4 is 11.9 Å². The first-order valence-electron chi connectivity index (χ1n) is 11.2. The lowest BCUT2D eigenvalue weighted by Gasteiger charge is -2.38. The molecule has 0 aromatic heterocycles. The van der Waals surface area contributed by atoms with Gasteiger partial charge < -0.3 is 18.9 Å². The lowest BCUT2D eigenvalue weighted by Crippen LogP contribution is -2.37. The number of ether oxygens (including phenoxy) is 4. The van der Waals surface area contributed by atoms with Crippen LogP contribution in [0.4, 0.5) is 0 Å². The van der Waals surface area contributed by atoms with Crippen molar-refractivity contribution in [3.05, 3.63) is 11.3 Å². The molecule has 1 saturated carbocycles. The molecular formula is C23H38O6. The minimum atomic E-state index is -0.871. The third kappa shape index (κ3) is 6.73. The molecule has 1 saturated heterocycles. The Hall–Kier alpha value is -1.56. The molecule has 0 amide bonds. The number of unbranched alkanes of at least 4 members (excludes halogenated alkanes) is 2. The Morgan fingerprint density at radius 3 is 2.59 bits per heavy atom. The molecule has 0 spiro atoms. The maximum absolute atomic E-state index is 12.5. The van der Waals surface area contributed by atoms with Crippen LogP contribution in [0.1, 0.15) is 79.6 Å². The molecule has 0 aromatic carbocycles. The van der Waals surface area contributed by atoms with Gasteiger partial charge in [-0.25, -0.2) is 4.79 Å². The number of hydrogen-bond acceptors (Lipinski definition) is 6. The van der Waals surface area contributed by atoms with E-state index in [9.17, 15) is 9.59 Å². The summed E-state index contributed by atoms with van der Waals surface area (Å²) in [5.74, 6) is 0.588. The highest BCUT2D eigenvalue weighted by Crippen LogP contribution is 2.38. The Bertz CT molecular complexity index is 582. The number of carbonyl (C=O) groups is 2. The summed E-state index contributed by atoms with van der Waals surface area (Å²) in [6.45, 7) is 11.1. The fourth-order valence-electron chi connectivity index (χ4n) is 4.20. The largest absolute Gasteiger partial charge is 0.486 e. The van der Waals surface area contributed by atoms with Gasteiger partial charge in [0.15, 0.2) is 0 Å². The standard InChI is InChI=1S/C23H38O6/c1-6-8-9-12-27-21(22(25)26-7-2)18-14-20(24)29-23(18)28-19-13-16(5)10-11-17(19)15(3)4/h15-17,19,23H,6-14H2,1-5H3/b21-18-/t16-,17+,19-,23-/m1/s1. The molecule has 0 radical (unpaired) electrons. The van der Waals surface area contributed by atoms with E-state index >= 15 is 0 Å². The Morgan fingerprint density at radius 1 is 1.17 bits per heavy atom. The smallest absolute Gasteiger partial charge is 0.373 e. The van der Waals surface area contributed by atoms with Gasteiger partial charge >= 0.3 is 11.9 Å². The molecule has 166 valence electrons. The van der Waals surface area contributed by atoms with Crippen LogP contribution in [0.2, 0.25) is 0 Å². The molecule has 2 fully saturated rings. The Kier molecular flexibility index (Phi) is 9.47. The second-order valence-electron chi connectivity index (χ2n) is 8.63. The van der Waals surface area contributed by atoms with E-state index in [-0.39, 0.29) is 24.9 Å². The van der Waals surface area contributed by atoms with E-state index in [1.165, 1.54) is 6.42 Å². The first-order valence-corrected chi connectivity index (χ1v) is 11.2. The minimum absolute atomic E-state index is 0.00120. The molecule has 1 aliphatic carbocycles. The van der Waals surface area contributed by atoms with Gasteiger partial charge in [0.05, 0.1) is 31.3 Å². The summed E-state index contributed by atoms with van der Waals surface area (Å²) in [6.07, 6.45) is 5.24. The lowest BCUT2D eigenvalue weighted by molar-refractivity contribution is -0.179. The van der Waals surface area contributed by atoms with Gasteiger partial charge in [-0.2, -0.15) is 0 Å². The number of hydrogen-bond donors (Lipinski definition) is 0. The summed E-state index contributed by atoms with van der Waals surface area (Å²) in [5.41, 5.74) is 0.464. The summed E-state index contributed by atoms with van der Waals surface area (Å²) >= 11 is 0. The van der Waals surface area contributed by atoms with Crippen molar-refractivity contribution in [2.75, 3.05) is 13.2 Å². The van der Waals surface area contributed by atoms with Crippen molar-refractivity contribution in [3.63, 3.8) is 0 Å². The highest BCUT2D eigenvalue weighted by atomic mass is 16.7. The molecule has 4 atom stereocenters. The molecule has 0 bridgehead atoms. The van der Waals surface area contributed by atoms with Crippen molar-refractivity contribution in [1.29, 1.82) is 0 Å². The van der Waals surface area contributed by atoms with Crippen LogP contribution in [0.3, 0.4) is 0 Å². The quantitative estimate of drug-likeness (QED) is 0.224. The zero-order chi connectivity index (χ0) is 21.4. The summed E-state index contributed by atoms with van der Waals surface area (Å²) in [7, 11) is 0. The van der Waals surface area contributed by atoms with E-state index in [4.69, 9.17) is 18.9 Å². The average Bonchev–Trinajstić information content (AvgIpc) is 3.01. The van der Waals surface area contributed by atoms with Crippen molar-refractivity contribution in [3.8, 4) is 0 Å². The normalized spacial score (nSPS) is 29.0. The molecule has 29 heavy (non-hydrogen) atoms. The molecule has 0 aromatic rings. The van der Waals surface area contributed by atoms with Crippen LogP contribution in [0.15, 0.2) is 11.3 Å². The fourth-order valence-corrected chi connectivity index (χ4v) is 4.20. The minimum Gasteiger partial charge on any atom is -0.486 e. The Labute approximate surface area is 175 Å². The van der Waals surface area contributed by atoms with Crippen LogP contribution in [0.5, 0.6) is 0 Å². The van der Waals surface area contributed by atoms with Crippen molar-refractivity contribution in [1.82, 2.24) is 0 Å². The third-order valence-electron chi connectivity index (χ3n) is 5.86. The van der Waals surface area contributed by atoms with Crippen LogP contribution < -0.4 is 0 Å². The van der Waals surface area contributed by atoms with Crippen molar-refractivity contribution < 1.29 is 28.5 Å². The molecule has 0 unspecified atom stereocenters. The summed E-state index contributed by atoms with van der Waals surface area (Å²) in [4.78, 5) is 24.6. The maximum atomic E-state index is 12.5. The van der Waals surface area contributed by atoms with Gasteiger partial charge in [0, 0.05) is 0 Å². The van der Waals surface area contributed by atoms with Crippen molar-refractivity contribution in [2.45, 2.75) is 92.0 Å². The van der Waals surface area contributed by atoms with Crippen molar-refractivity contribution in [2.24, 2.45) is 17.8 Å². The number of cyclic esters (lactones) is 1. The number of rotatable bonds is 10. The van der Waals surface area contributed by atoms with Gasteiger partial charge in [-0.1, -0.05) is 47.0 Å². The second kappa shape index (κ2) is 11.6. The molecule has 1 heterocycles. The van der Waals surface area contributed by atoms with Gasteiger partial charge in [-0.3, -0.25) is 4.79 Å². The molecule has 1 aliphatic heterocycles. The van der Waals surface area contributed by atoms with E-state index in [0.29, 0.717) is 29.9 Å². The maximum Gasteiger partial charge on any atom is 0.373 e. The fraction of sp³-hybridized carbons (Fsp3) is 0.826. The second-order valence-corrected chi connectivity index (χ2v) is 8.63. The predicted octanol–water partition coefficient (Wildman–Crippen LogP) is 4.76. The average molecular weight is 411 g/mol. The predicted molar refractivity (Wildman–Crippen MR) is 110 cm³/mol. The van der Waals surface area contributed by atoms with Crippen LogP contribution in [-0.4, -0.2) is 37.5 Å². The SMILES string of the molecule is CCCCCO/C(C(=O)OCC)=C1/CC(=O)O[C@H]1O[C@@H]1C[C@H](C)CC[C@H]1C(C)C. The molecule has 2 rings (SSSR count). The van der Waals surface area contributed by atoms with E-state index < -0.39 is 18.2 Å². The van der Waals surface area contributed by atoms with Gasteiger partial charge in [0.1, 0.15) is 0 Å².